The van der Waals surface area contributed by atoms with Crippen molar-refractivity contribution in [2.75, 3.05) is 0 Å². The molecule has 17 heavy (non-hydrogen) atoms. The average molecular weight is 239 g/mol. The van der Waals surface area contributed by atoms with Crippen LogP contribution in [0, 0.1) is 5.92 Å². The summed E-state index contributed by atoms with van der Waals surface area (Å²) in [5, 5.41) is 14.4. The molecular formula is C13H25N3O. The zero-order valence-electron chi connectivity index (χ0n) is 11.3. The molecule has 1 unspecified atom stereocenters. The van der Waals surface area contributed by atoms with Crippen LogP contribution in [0.3, 0.4) is 0 Å². The van der Waals surface area contributed by atoms with Crippen molar-refractivity contribution in [3.05, 3.63) is 12.2 Å². The first-order valence-corrected chi connectivity index (χ1v) is 6.77. The van der Waals surface area contributed by atoms with E-state index >= 15 is 0 Å². The minimum atomic E-state index is -0.288. The zero-order chi connectivity index (χ0) is 12.7. The molecule has 4 nitrogen and oxygen atoms in total. The molecule has 1 aromatic heterocycles. The van der Waals surface area contributed by atoms with E-state index in [0.717, 1.165) is 38.1 Å². The van der Waals surface area contributed by atoms with Gasteiger partial charge in [0.2, 0.25) is 0 Å². The maximum atomic E-state index is 10.3. The standard InChI is InChI=1S/C13H25N3O/c1-4-7-11(8-5-2)12(17)9-13-14-10-15-16(13)6-3/h10-12,17H,4-9H2,1-3H3. The molecule has 0 spiro atoms. The molecule has 0 aliphatic heterocycles. The topological polar surface area (TPSA) is 50.9 Å². The first kappa shape index (κ1) is 14.2. The van der Waals surface area contributed by atoms with Crippen LogP contribution in [0.4, 0.5) is 0 Å². The van der Waals surface area contributed by atoms with Crippen molar-refractivity contribution in [2.24, 2.45) is 5.92 Å². The van der Waals surface area contributed by atoms with Gasteiger partial charge in [-0.25, -0.2) is 4.98 Å². The van der Waals surface area contributed by atoms with E-state index in [1.165, 1.54) is 0 Å². The summed E-state index contributed by atoms with van der Waals surface area (Å²) in [6.45, 7) is 7.20. The van der Waals surface area contributed by atoms with Gasteiger partial charge < -0.3 is 5.11 Å². The van der Waals surface area contributed by atoms with Gasteiger partial charge in [0, 0.05) is 13.0 Å². The minimum absolute atomic E-state index is 0.288. The summed E-state index contributed by atoms with van der Waals surface area (Å²) >= 11 is 0. The molecule has 1 atom stereocenters. The number of aromatic nitrogens is 3. The number of aliphatic hydroxyl groups excluding tert-OH is 1. The summed E-state index contributed by atoms with van der Waals surface area (Å²) in [7, 11) is 0. The van der Waals surface area contributed by atoms with Crippen molar-refractivity contribution in [2.45, 2.75) is 65.5 Å². The summed E-state index contributed by atoms with van der Waals surface area (Å²) in [6, 6.07) is 0. The monoisotopic (exact) mass is 239 g/mol. The molecule has 1 N–H and O–H groups in total. The first-order valence-electron chi connectivity index (χ1n) is 6.77. The summed E-state index contributed by atoms with van der Waals surface area (Å²) < 4.78 is 1.86. The zero-order valence-corrected chi connectivity index (χ0v) is 11.3. The number of aryl methyl sites for hydroxylation is 1. The summed E-state index contributed by atoms with van der Waals surface area (Å²) in [5.74, 6) is 1.30. The maximum absolute atomic E-state index is 10.3. The van der Waals surface area contributed by atoms with Crippen LogP contribution in [0.5, 0.6) is 0 Å². The molecule has 0 bridgehead atoms. The van der Waals surface area contributed by atoms with Crippen LogP contribution < -0.4 is 0 Å². The fraction of sp³-hybridized carbons (Fsp3) is 0.846. The summed E-state index contributed by atoms with van der Waals surface area (Å²) in [5.41, 5.74) is 0. The highest BCUT2D eigenvalue weighted by Gasteiger charge is 2.20. The summed E-state index contributed by atoms with van der Waals surface area (Å²) in [4.78, 5) is 4.22. The van der Waals surface area contributed by atoms with Gasteiger partial charge in [-0.15, -0.1) is 0 Å². The Morgan fingerprint density at radius 1 is 1.24 bits per heavy atom. The smallest absolute Gasteiger partial charge is 0.138 e. The lowest BCUT2D eigenvalue weighted by Gasteiger charge is -2.21. The largest absolute Gasteiger partial charge is 0.392 e. The minimum Gasteiger partial charge on any atom is -0.392 e. The Hall–Kier alpha value is -0.900. The third kappa shape index (κ3) is 4.11. The second-order valence-corrected chi connectivity index (χ2v) is 4.60. The van der Waals surface area contributed by atoms with Gasteiger partial charge in [-0.05, 0) is 25.7 Å². The predicted molar refractivity (Wildman–Crippen MR) is 68.7 cm³/mol. The normalized spacial score (nSPS) is 13.2. The average Bonchev–Trinajstić information content (AvgIpc) is 2.76. The van der Waals surface area contributed by atoms with Gasteiger partial charge in [0.25, 0.3) is 0 Å². The molecule has 4 heteroatoms. The van der Waals surface area contributed by atoms with E-state index in [4.69, 9.17) is 0 Å². The van der Waals surface area contributed by atoms with E-state index in [2.05, 4.69) is 23.9 Å². The number of aliphatic hydroxyl groups is 1. The van der Waals surface area contributed by atoms with Crippen LogP contribution in [0.15, 0.2) is 6.33 Å². The van der Waals surface area contributed by atoms with E-state index in [-0.39, 0.29) is 6.10 Å². The Labute approximate surface area is 104 Å². The molecule has 1 heterocycles. The van der Waals surface area contributed by atoms with Crippen molar-refractivity contribution in [1.29, 1.82) is 0 Å². The van der Waals surface area contributed by atoms with E-state index in [9.17, 15) is 5.11 Å². The van der Waals surface area contributed by atoms with Gasteiger partial charge in [-0.1, -0.05) is 26.7 Å². The Bertz CT molecular complexity index is 305. The predicted octanol–water partition coefficient (Wildman–Crippen LogP) is 2.42. The van der Waals surface area contributed by atoms with Crippen LogP contribution in [0.1, 0.15) is 52.3 Å². The lowest BCUT2D eigenvalue weighted by molar-refractivity contribution is 0.0934. The maximum Gasteiger partial charge on any atom is 0.138 e. The second kappa shape index (κ2) is 7.43. The van der Waals surface area contributed by atoms with Crippen molar-refractivity contribution < 1.29 is 5.11 Å². The van der Waals surface area contributed by atoms with E-state index in [1.807, 2.05) is 11.6 Å². The third-order valence-electron chi connectivity index (χ3n) is 3.25. The third-order valence-corrected chi connectivity index (χ3v) is 3.25. The first-order chi connectivity index (χ1) is 8.22. The summed E-state index contributed by atoms with van der Waals surface area (Å²) in [6.07, 6.45) is 6.34. The molecule has 0 aromatic carbocycles. The molecule has 0 aliphatic rings. The molecule has 1 rings (SSSR count). The number of hydrogen-bond acceptors (Lipinski definition) is 3. The van der Waals surface area contributed by atoms with Crippen LogP contribution in [0.2, 0.25) is 0 Å². The molecule has 0 amide bonds. The van der Waals surface area contributed by atoms with Crippen molar-refractivity contribution in [3.63, 3.8) is 0 Å². The Morgan fingerprint density at radius 3 is 2.41 bits per heavy atom. The molecule has 0 saturated heterocycles. The van der Waals surface area contributed by atoms with Gasteiger partial charge in [0.05, 0.1) is 6.10 Å². The quantitative estimate of drug-likeness (QED) is 0.758. The fourth-order valence-corrected chi connectivity index (χ4v) is 2.33. The number of nitrogens with zero attached hydrogens (tertiary/aromatic N) is 3. The van der Waals surface area contributed by atoms with E-state index in [1.54, 1.807) is 6.33 Å². The lowest BCUT2D eigenvalue weighted by Crippen LogP contribution is -2.24. The van der Waals surface area contributed by atoms with Gasteiger partial charge in [-0.2, -0.15) is 5.10 Å². The highest BCUT2D eigenvalue weighted by molar-refractivity contribution is 4.89. The van der Waals surface area contributed by atoms with Crippen molar-refractivity contribution in [3.8, 4) is 0 Å². The molecule has 0 fully saturated rings. The Morgan fingerprint density at radius 2 is 1.88 bits per heavy atom. The van der Waals surface area contributed by atoms with Gasteiger partial charge in [-0.3, -0.25) is 4.68 Å². The highest BCUT2D eigenvalue weighted by Crippen LogP contribution is 2.20. The molecule has 1 aromatic rings. The SMILES string of the molecule is CCCC(CCC)C(O)Cc1ncnn1CC. The van der Waals surface area contributed by atoms with Crippen LogP contribution in [-0.4, -0.2) is 26.0 Å². The Balaban J connectivity index is 2.59. The molecule has 0 aliphatic carbocycles. The second-order valence-electron chi connectivity index (χ2n) is 4.60. The van der Waals surface area contributed by atoms with Gasteiger partial charge in [0.15, 0.2) is 0 Å². The Kier molecular flexibility index (Phi) is 6.19. The van der Waals surface area contributed by atoms with Gasteiger partial charge in [0.1, 0.15) is 12.2 Å². The number of hydrogen-bond donors (Lipinski definition) is 1. The van der Waals surface area contributed by atoms with Crippen LogP contribution >= 0.6 is 0 Å². The van der Waals surface area contributed by atoms with Crippen LogP contribution in [0.25, 0.3) is 0 Å². The highest BCUT2D eigenvalue weighted by atomic mass is 16.3. The van der Waals surface area contributed by atoms with E-state index < -0.39 is 0 Å². The molecule has 98 valence electrons. The van der Waals surface area contributed by atoms with E-state index in [0.29, 0.717) is 12.3 Å². The van der Waals surface area contributed by atoms with Crippen LogP contribution in [-0.2, 0) is 13.0 Å². The number of rotatable bonds is 8. The molecular weight excluding hydrogens is 214 g/mol. The fourth-order valence-electron chi connectivity index (χ4n) is 2.33. The molecule has 0 radical (unpaired) electrons. The van der Waals surface area contributed by atoms with Gasteiger partial charge >= 0.3 is 0 Å². The van der Waals surface area contributed by atoms with Crippen molar-refractivity contribution >= 4 is 0 Å². The lowest BCUT2D eigenvalue weighted by atomic mass is 9.90. The van der Waals surface area contributed by atoms with Crippen molar-refractivity contribution in [1.82, 2.24) is 14.8 Å². The molecule has 0 saturated carbocycles.